The van der Waals surface area contributed by atoms with E-state index >= 15 is 0 Å². The van der Waals surface area contributed by atoms with Crippen molar-refractivity contribution in [2.24, 2.45) is 0 Å². The smallest absolute Gasteiger partial charge is 0.166 e. The van der Waals surface area contributed by atoms with Crippen molar-refractivity contribution in [1.82, 2.24) is 10.6 Å². The molecule has 0 aromatic heterocycles. The van der Waals surface area contributed by atoms with Gasteiger partial charge in [0.2, 0.25) is 0 Å². The standard InChI is InChI=1S/C11H15ClN2OS/c1-2-13-11(16)14-7-10(15)8-3-5-9(12)6-4-8/h3-6,10,15H,2,7H2,1H3,(H2,13,14,16). The van der Waals surface area contributed by atoms with E-state index < -0.39 is 6.10 Å². The maximum atomic E-state index is 9.84. The van der Waals surface area contributed by atoms with Gasteiger partial charge in [-0.2, -0.15) is 0 Å². The largest absolute Gasteiger partial charge is 0.387 e. The van der Waals surface area contributed by atoms with Gasteiger partial charge in [0.05, 0.1) is 6.10 Å². The molecule has 0 radical (unpaired) electrons. The highest BCUT2D eigenvalue weighted by molar-refractivity contribution is 7.80. The van der Waals surface area contributed by atoms with E-state index in [1.165, 1.54) is 0 Å². The van der Waals surface area contributed by atoms with Crippen molar-refractivity contribution in [3.8, 4) is 0 Å². The second-order valence-corrected chi connectivity index (χ2v) is 4.15. The van der Waals surface area contributed by atoms with Gasteiger partial charge in [-0.1, -0.05) is 23.7 Å². The highest BCUT2D eigenvalue weighted by Crippen LogP contribution is 2.15. The minimum absolute atomic E-state index is 0.382. The first kappa shape index (κ1) is 13.2. The third-order valence-corrected chi connectivity index (χ3v) is 2.59. The van der Waals surface area contributed by atoms with Gasteiger partial charge in [-0.3, -0.25) is 0 Å². The molecule has 88 valence electrons. The Kier molecular flexibility index (Phi) is 5.52. The van der Waals surface area contributed by atoms with Crippen LogP contribution in [0, 0.1) is 0 Å². The summed E-state index contributed by atoms with van der Waals surface area (Å²) >= 11 is 10.7. The average molecular weight is 259 g/mol. The Hall–Kier alpha value is -0.840. The second-order valence-electron chi connectivity index (χ2n) is 3.31. The Morgan fingerprint density at radius 3 is 2.56 bits per heavy atom. The molecule has 0 aliphatic carbocycles. The van der Waals surface area contributed by atoms with Gasteiger partial charge in [0.25, 0.3) is 0 Å². The second kappa shape index (κ2) is 6.68. The van der Waals surface area contributed by atoms with E-state index in [1.807, 2.05) is 6.92 Å². The first-order chi connectivity index (χ1) is 7.63. The van der Waals surface area contributed by atoms with Gasteiger partial charge in [0, 0.05) is 18.1 Å². The fourth-order valence-corrected chi connectivity index (χ4v) is 1.57. The van der Waals surface area contributed by atoms with E-state index in [0.717, 1.165) is 12.1 Å². The van der Waals surface area contributed by atoms with Crippen LogP contribution in [-0.2, 0) is 0 Å². The van der Waals surface area contributed by atoms with Crippen molar-refractivity contribution in [1.29, 1.82) is 0 Å². The third-order valence-electron chi connectivity index (χ3n) is 2.05. The fourth-order valence-electron chi connectivity index (χ4n) is 1.22. The van der Waals surface area contributed by atoms with Crippen LogP contribution in [-0.4, -0.2) is 23.3 Å². The maximum absolute atomic E-state index is 9.84. The van der Waals surface area contributed by atoms with Crippen LogP contribution in [0.5, 0.6) is 0 Å². The molecule has 0 heterocycles. The zero-order valence-electron chi connectivity index (χ0n) is 9.03. The number of benzene rings is 1. The molecule has 0 fully saturated rings. The van der Waals surface area contributed by atoms with E-state index in [4.69, 9.17) is 23.8 Å². The minimum atomic E-state index is -0.589. The van der Waals surface area contributed by atoms with Crippen LogP contribution in [0.2, 0.25) is 5.02 Å². The molecule has 16 heavy (non-hydrogen) atoms. The summed E-state index contributed by atoms with van der Waals surface area (Å²) in [6, 6.07) is 7.10. The summed E-state index contributed by atoms with van der Waals surface area (Å²) in [7, 11) is 0. The van der Waals surface area contributed by atoms with Crippen LogP contribution >= 0.6 is 23.8 Å². The van der Waals surface area contributed by atoms with Crippen LogP contribution in [0.4, 0.5) is 0 Å². The number of halogens is 1. The Morgan fingerprint density at radius 2 is 2.00 bits per heavy atom. The molecule has 0 bridgehead atoms. The first-order valence-corrected chi connectivity index (χ1v) is 5.87. The molecule has 0 saturated heterocycles. The van der Waals surface area contributed by atoms with E-state index in [2.05, 4.69) is 10.6 Å². The topological polar surface area (TPSA) is 44.3 Å². The number of rotatable bonds is 4. The minimum Gasteiger partial charge on any atom is -0.387 e. The van der Waals surface area contributed by atoms with E-state index in [-0.39, 0.29) is 0 Å². The molecule has 0 aliphatic rings. The molecule has 1 unspecified atom stereocenters. The van der Waals surface area contributed by atoms with Crippen molar-refractivity contribution in [2.75, 3.05) is 13.1 Å². The molecule has 0 amide bonds. The highest BCUT2D eigenvalue weighted by Gasteiger charge is 2.07. The van der Waals surface area contributed by atoms with Crippen LogP contribution in [0.25, 0.3) is 0 Å². The van der Waals surface area contributed by atoms with Gasteiger partial charge in [-0.25, -0.2) is 0 Å². The van der Waals surface area contributed by atoms with Crippen LogP contribution in [0.1, 0.15) is 18.6 Å². The molecule has 0 spiro atoms. The lowest BCUT2D eigenvalue weighted by Crippen LogP contribution is -2.37. The third kappa shape index (κ3) is 4.35. The molecule has 3 nitrogen and oxygen atoms in total. The van der Waals surface area contributed by atoms with Gasteiger partial charge < -0.3 is 15.7 Å². The van der Waals surface area contributed by atoms with Gasteiger partial charge in [0.1, 0.15) is 0 Å². The van der Waals surface area contributed by atoms with E-state index in [1.54, 1.807) is 24.3 Å². The first-order valence-electron chi connectivity index (χ1n) is 5.08. The Balaban J connectivity index is 2.43. The SMILES string of the molecule is CCNC(=S)NCC(O)c1ccc(Cl)cc1. The molecule has 1 rings (SSSR count). The summed E-state index contributed by atoms with van der Waals surface area (Å²) in [5.41, 5.74) is 0.816. The average Bonchev–Trinajstić information content (AvgIpc) is 2.27. The van der Waals surface area contributed by atoms with Crippen molar-refractivity contribution in [3.63, 3.8) is 0 Å². The van der Waals surface area contributed by atoms with Crippen LogP contribution in [0.15, 0.2) is 24.3 Å². The van der Waals surface area contributed by atoms with Gasteiger partial charge in [-0.05, 0) is 36.8 Å². The monoisotopic (exact) mass is 258 g/mol. The molecule has 1 aromatic rings. The summed E-state index contributed by atoms with van der Waals surface area (Å²) < 4.78 is 0. The Bertz CT molecular complexity index is 342. The van der Waals surface area contributed by atoms with Gasteiger partial charge in [0.15, 0.2) is 5.11 Å². The predicted octanol–water partition coefficient (Wildman–Crippen LogP) is 1.86. The van der Waals surface area contributed by atoms with E-state index in [0.29, 0.717) is 16.7 Å². The van der Waals surface area contributed by atoms with E-state index in [9.17, 15) is 5.11 Å². The number of hydrogen-bond acceptors (Lipinski definition) is 2. The molecule has 0 aliphatic heterocycles. The zero-order chi connectivity index (χ0) is 12.0. The van der Waals surface area contributed by atoms with Gasteiger partial charge >= 0.3 is 0 Å². The van der Waals surface area contributed by atoms with Crippen molar-refractivity contribution < 1.29 is 5.11 Å². The summed E-state index contributed by atoms with van der Waals surface area (Å²) in [4.78, 5) is 0. The van der Waals surface area contributed by atoms with Crippen molar-refractivity contribution in [3.05, 3.63) is 34.9 Å². The number of hydrogen-bond donors (Lipinski definition) is 3. The fraction of sp³-hybridized carbons (Fsp3) is 0.364. The van der Waals surface area contributed by atoms with Crippen molar-refractivity contribution >= 4 is 28.9 Å². The molecule has 5 heteroatoms. The summed E-state index contributed by atoms with van der Waals surface area (Å²) in [5, 5.41) is 16.9. The molecular weight excluding hydrogens is 244 g/mol. The lowest BCUT2D eigenvalue weighted by atomic mass is 10.1. The summed E-state index contributed by atoms with van der Waals surface area (Å²) in [6.45, 7) is 3.11. The number of nitrogens with one attached hydrogen (secondary N) is 2. The number of thiocarbonyl (C=S) groups is 1. The van der Waals surface area contributed by atoms with Crippen LogP contribution < -0.4 is 10.6 Å². The van der Waals surface area contributed by atoms with Crippen molar-refractivity contribution in [2.45, 2.75) is 13.0 Å². The maximum Gasteiger partial charge on any atom is 0.166 e. The molecule has 0 saturated carbocycles. The lowest BCUT2D eigenvalue weighted by molar-refractivity contribution is 0.181. The zero-order valence-corrected chi connectivity index (χ0v) is 10.6. The highest BCUT2D eigenvalue weighted by atomic mass is 35.5. The van der Waals surface area contributed by atoms with Crippen LogP contribution in [0.3, 0.4) is 0 Å². The predicted molar refractivity (Wildman–Crippen MR) is 70.7 cm³/mol. The Labute approximate surface area is 106 Å². The quantitative estimate of drug-likeness (QED) is 0.722. The molecule has 3 N–H and O–H groups in total. The number of aliphatic hydroxyl groups excluding tert-OH is 1. The normalized spacial score (nSPS) is 11.9. The number of aliphatic hydroxyl groups is 1. The summed E-state index contributed by atoms with van der Waals surface area (Å²) in [5.74, 6) is 0. The lowest BCUT2D eigenvalue weighted by Gasteiger charge is -2.14. The Morgan fingerprint density at radius 1 is 1.38 bits per heavy atom. The van der Waals surface area contributed by atoms with Gasteiger partial charge in [-0.15, -0.1) is 0 Å². The molecule has 1 atom stereocenters. The molecule has 1 aromatic carbocycles. The molecular formula is C11H15ClN2OS. The summed E-state index contributed by atoms with van der Waals surface area (Å²) in [6.07, 6.45) is -0.589.